The summed E-state index contributed by atoms with van der Waals surface area (Å²) in [4.78, 5) is 29.8. The van der Waals surface area contributed by atoms with Crippen molar-refractivity contribution in [1.29, 1.82) is 0 Å². The van der Waals surface area contributed by atoms with Crippen molar-refractivity contribution in [2.75, 3.05) is 26.2 Å². The van der Waals surface area contributed by atoms with E-state index in [0.29, 0.717) is 19.0 Å². The first kappa shape index (κ1) is 19.4. The van der Waals surface area contributed by atoms with Crippen LogP contribution in [-0.2, 0) is 9.59 Å². The summed E-state index contributed by atoms with van der Waals surface area (Å²) in [6.45, 7) is 3.21. The standard InChI is InChI=1S/C22H32N4O2/c27-21(25-12-6-1-2-7-13-25)18-10-14-26(15-11-18)22(28)20-16-19(23-24-20)17-8-4-3-5-9-17/h3-5,8-9,18-20,23-24H,1-2,6-7,10-16H2. The maximum absolute atomic E-state index is 12.9. The third kappa shape index (κ3) is 4.39. The summed E-state index contributed by atoms with van der Waals surface area (Å²) >= 11 is 0. The predicted molar refractivity (Wildman–Crippen MR) is 108 cm³/mol. The first-order valence-corrected chi connectivity index (χ1v) is 10.9. The zero-order chi connectivity index (χ0) is 19.3. The van der Waals surface area contributed by atoms with Crippen LogP contribution in [0.5, 0.6) is 0 Å². The summed E-state index contributed by atoms with van der Waals surface area (Å²) < 4.78 is 0. The fourth-order valence-electron chi connectivity index (χ4n) is 4.74. The molecular weight excluding hydrogens is 352 g/mol. The van der Waals surface area contributed by atoms with Crippen LogP contribution < -0.4 is 10.9 Å². The minimum Gasteiger partial charge on any atom is -0.342 e. The minimum atomic E-state index is -0.192. The molecule has 3 aliphatic rings. The molecule has 0 radical (unpaired) electrons. The van der Waals surface area contributed by atoms with Gasteiger partial charge in [-0.2, -0.15) is 0 Å². The smallest absolute Gasteiger partial charge is 0.241 e. The quantitative estimate of drug-likeness (QED) is 0.839. The maximum Gasteiger partial charge on any atom is 0.241 e. The summed E-state index contributed by atoms with van der Waals surface area (Å²) in [6, 6.07) is 10.2. The molecule has 3 fully saturated rings. The number of hydrazine groups is 1. The third-order valence-corrected chi connectivity index (χ3v) is 6.48. The molecule has 152 valence electrons. The van der Waals surface area contributed by atoms with Gasteiger partial charge in [0.15, 0.2) is 0 Å². The van der Waals surface area contributed by atoms with Gasteiger partial charge in [-0.1, -0.05) is 43.2 Å². The number of carbonyl (C=O) groups excluding carboxylic acids is 2. The van der Waals surface area contributed by atoms with E-state index >= 15 is 0 Å². The molecule has 0 aliphatic carbocycles. The average molecular weight is 385 g/mol. The number of benzene rings is 1. The SMILES string of the molecule is O=C(C1CCN(C(=O)C2CC(c3ccccc3)NN2)CC1)N1CCCCCC1. The van der Waals surface area contributed by atoms with Gasteiger partial charge in [-0.25, -0.2) is 10.9 Å². The molecule has 3 heterocycles. The monoisotopic (exact) mass is 384 g/mol. The second-order valence-electron chi connectivity index (χ2n) is 8.38. The number of likely N-dealkylation sites (tertiary alicyclic amines) is 2. The summed E-state index contributed by atoms with van der Waals surface area (Å²) in [5.41, 5.74) is 7.64. The van der Waals surface area contributed by atoms with Crippen molar-refractivity contribution in [3.63, 3.8) is 0 Å². The average Bonchev–Trinajstić information content (AvgIpc) is 3.09. The van der Waals surface area contributed by atoms with E-state index in [2.05, 4.69) is 27.9 Å². The van der Waals surface area contributed by atoms with Crippen molar-refractivity contribution in [2.24, 2.45) is 5.92 Å². The first-order chi connectivity index (χ1) is 13.7. The number of nitrogens with one attached hydrogen (secondary N) is 2. The Labute approximate surface area is 167 Å². The van der Waals surface area contributed by atoms with Crippen LogP contribution in [0.3, 0.4) is 0 Å². The number of rotatable bonds is 3. The van der Waals surface area contributed by atoms with E-state index < -0.39 is 0 Å². The van der Waals surface area contributed by atoms with Crippen LogP contribution in [-0.4, -0.2) is 53.8 Å². The normalized spacial score (nSPS) is 26.9. The number of piperidine rings is 1. The fraction of sp³-hybridized carbons (Fsp3) is 0.636. The first-order valence-electron chi connectivity index (χ1n) is 10.9. The van der Waals surface area contributed by atoms with Gasteiger partial charge in [0.2, 0.25) is 11.8 Å². The zero-order valence-corrected chi connectivity index (χ0v) is 16.6. The van der Waals surface area contributed by atoms with E-state index in [0.717, 1.165) is 45.2 Å². The van der Waals surface area contributed by atoms with Gasteiger partial charge in [-0.3, -0.25) is 9.59 Å². The van der Waals surface area contributed by atoms with Crippen LogP contribution in [0.4, 0.5) is 0 Å². The van der Waals surface area contributed by atoms with E-state index in [-0.39, 0.29) is 23.9 Å². The molecule has 4 rings (SSSR count). The van der Waals surface area contributed by atoms with Crippen LogP contribution in [0, 0.1) is 5.92 Å². The molecule has 2 N–H and O–H groups in total. The molecule has 0 saturated carbocycles. The van der Waals surface area contributed by atoms with Crippen molar-refractivity contribution < 1.29 is 9.59 Å². The van der Waals surface area contributed by atoms with E-state index in [1.165, 1.54) is 18.4 Å². The van der Waals surface area contributed by atoms with Gasteiger partial charge in [0.05, 0.1) is 0 Å². The zero-order valence-electron chi connectivity index (χ0n) is 16.6. The van der Waals surface area contributed by atoms with Crippen LogP contribution in [0.2, 0.25) is 0 Å². The van der Waals surface area contributed by atoms with Crippen molar-refractivity contribution in [2.45, 2.75) is 57.0 Å². The molecule has 6 nitrogen and oxygen atoms in total. The number of carbonyl (C=O) groups is 2. The Balaban J connectivity index is 1.27. The van der Waals surface area contributed by atoms with Gasteiger partial charge in [0.1, 0.15) is 6.04 Å². The molecule has 0 spiro atoms. The summed E-state index contributed by atoms with van der Waals surface area (Å²) in [7, 11) is 0. The number of nitrogens with zero attached hydrogens (tertiary/aromatic N) is 2. The highest BCUT2D eigenvalue weighted by Gasteiger charge is 2.36. The highest BCUT2D eigenvalue weighted by atomic mass is 16.2. The van der Waals surface area contributed by atoms with Gasteiger partial charge in [-0.15, -0.1) is 0 Å². The van der Waals surface area contributed by atoms with E-state index in [9.17, 15) is 9.59 Å². The van der Waals surface area contributed by atoms with Gasteiger partial charge < -0.3 is 9.80 Å². The topological polar surface area (TPSA) is 64.7 Å². The lowest BCUT2D eigenvalue weighted by molar-refractivity contribution is -0.141. The molecule has 28 heavy (non-hydrogen) atoms. The second kappa shape index (κ2) is 9.05. The van der Waals surface area contributed by atoms with Crippen molar-refractivity contribution in [3.05, 3.63) is 35.9 Å². The second-order valence-corrected chi connectivity index (χ2v) is 8.38. The maximum atomic E-state index is 12.9. The Morgan fingerprint density at radius 2 is 1.43 bits per heavy atom. The summed E-state index contributed by atoms with van der Waals surface area (Å²) in [6.07, 6.45) is 7.09. The fourth-order valence-corrected chi connectivity index (χ4v) is 4.74. The van der Waals surface area contributed by atoms with Crippen molar-refractivity contribution in [3.8, 4) is 0 Å². The van der Waals surface area contributed by atoms with Crippen molar-refractivity contribution >= 4 is 11.8 Å². The van der Waals surface area contributed by atoms with Gasteiger partial charge in [0, 0.05) is 38.1 Å². The molecule has 6 heteroatoms. The molecule has 2 amide bonds. The van der Waals surface area contributed by atoms with Gasteiger partial charge in [-0.05, 0) is 37.7 Å². The highest BCUT2D eigenvalue weighted by molar-refractivity contribution is 5.83. The molecule has 3 saturated heterocycles. The minimum absolute atomic E-state index is 0.0916. The van der Waals surface area contributed by atoms with Crippen molar-refractivity contribution in [1.82, 2.24) is 20.7 Å². The van der Waals surface area contributed by atoms with Crippen LogP contribution >= 0.6 is 0 Å². The van der Waals surface area contributed by atoms with E-state index in [4.69, 9.17) is 0 Å². The van der Waals surface area contributed by atoms with E-state index in [1.54, 1.807) is 0 Å². The lowest BCUT2D eigenvalue weighted by Gasteiger charge is -2.35. The Morgan fingerprint density at radius 1 is 0.786 bits per heavy atom. The van der Waals surface area contributed by atoms with Crippen LogP contribution in [0.1, 0.15) is 56.6 Å². The van der Waals surface area contributed by atoms with Gasteiger partial charge >= 0.3 is 0 Å². The lowest BCUT2D eigenvalue weighted by atomic mass is 9.94. The molecule has 1 aromatic rings. The van der Waals surface area contributed by atoms with Crippen LogP contribution in [0.25, 0.3) is 0 Å². The summed E-state index contributed by atoms with van der Waals surface area (Å²) in [5, 5.41) is 0. The number of amides is 2. The third-order valence-electron chi connectivity index (χ3n) is 6.48. The Hall–Kier alpha value is -1.92. The molecule has 2 unspecified atom stereocenters. The molecule has 0 bridgehead atoms. The van der Waals surface area contributed by atoms with E-state index in [1.807, 2.05) is 23.1 Å². The largest absolute Gasteiger partial charge is 0.342 e. The molecular formula is C22H32N4O2. The highest BCUT2D eigenvalue weighted by Crippen LogP contribution is 2.26. The van der Waals surface area contributed by atoms with Crippen LogP contribution in [0.15, 0.2) is 30.3 Å². The molecule has 0 aromatic heterocycles. The predicted octanol–water partition coefficient (Wildman–Crippen LogP) is 2.24. The number of hydrogen-bond acceptors (Lipinski definition) is 4. The number of hydrogen-bond donors (Lipinski definition) is 2. The summed E-state index contributed by atoms with van der Waals surface area (Å²) in [5.74, 6) is 0.569. The molecule has 1 aromatic carbocycles. The Kier molecular flexibility index (Phi) is 6.27. The lowest BCUT2D eigenvalue weighted by Crippen LogP contribution is -2.50. The Morgan fingerprint density at radius 3 is 2.11 bits per heavy atom. The molecule has 2 atom stereocenters. The Bertz CT molecular complexity index is 664. The van der Waals surface area contributed by atoms with Gasteiger partial charge in [0.25, 0.3) is 0 Å². The molecule has 3 aliphatic heterocycles.